The number of fused-ring (bicyclic) bond motifs is 1. The topological polar surface area (TPSA) is 100 Å². The standard InChI is InChI=1S/C14H17NO7S/c1-23(17,18)15-7-10-11-12(22-14(16)21-11)13(20-10)19-8-9-5-3-2-4-6-9/h2-6,10-13,15H,7-8H2,1H3/t10-,11-,12-,13-/m1/s1. The van der Waals surface area contributed by atoms with Crippen LogP contribution in [0.1, 0.15) is 5.56 Å². The lowest BCUT2D eigenvalue weighted by Crippen LogP contribution is -2.38. The van der Waals surface area contributed by atoms with Crippen LogP contribution < -0.4 is 4.72 Å². The number of sulfonamides is 1. The Kier molecular flexibility index (Phi) is 4.53. The van der Waals surface area contributed by atoms with Gasteiger partial charge in [0.1, 0.15) is 6.10 Å². The summed E-state index contributed by atoms with van der Waals surface area (Å²) in [5.74, 6) is 0. The highest BCUT2D eigenvalue weighted by Gasteiger charge is 2.54. The molecule has 1 aromatic carbocycles. The number of rotatable bonds is 6. The fraction of sp³-hybridized carbons (Fsp3) is 0.500. The molecule has 2 heterocycles. The number of hydrogen-bond acceptors (Lipinski definition) is 7. The van der Waals surface area contributed by atoms with Gasteiger partial charge in [-0.05, 0) is 5.56 Å². The molecule has 9 heteroatoms. The molecule has 0 aliphatic carbocycles. The summed E-state index contributed by atoms with van der Waals surface area (Å²) in [6.07, 6.45) is -2.64. The molecule has 1 N–H and O–H groups in total. The number of nitrogens with one attached hydrogen (secondary N) is 1. The van der Waals surface area contributed by atoms with Gasteiger partial charge in [0, 0.05) is 6.54 Å². The third-order valence-electron chi connectivity index (χ3n) is 3.54. The average molecular weight is 343 g/mol. The molecule has 0 saturated carbocycles. The van der Waals surface area contributed by atoms with Crippen LogP contribution in [-0.2, 0) is 35.6 Å². The first kappa shape index (κ1) is 16.2. The monoisotopic (exact) mass is 343 g/mol. The van der Waals surface area contributed by atoms with E-state index in [-0.39, 0.29) is 13.2 Å². The van der Waals surface area contributed by atoms with E-state index in [2.05, 4.69) is 4.72 Å². The van der Waals surface area contributed by atoms with Crippen molar-refractivity contribution >= 4 is 16.2 Å². The number of carbonyl (C=O) groups excluding carboxylic acids is 1. The summed E-state index contributed by atoms with van der Waals surface area (Å²) >= 11 is 0. The van der Waals surface area contributed by atoms with E-state index >= 15 is 0 Å². The fourth-order valence-corrected chi connectivity index (χ4v) is 2.96. The van der Waals surface area contributed by atoms with Crippen molar-refractivity contribution in [1.29, 1.82) is 0 Å². The van der Waals surface area contributed by atoms with Crippen LogP contribution in [0.2, 0.25) is 0 Å². The number of ether oxygens (including phenoxy) is 4. The zero-order valence-corrected chi connectivity index (χ0v) is 13.2. The maximum Gasteiger partial charge on any atom is 0.509 e. The van der Waals surface area contributed by atoms with Crippen molar-refractivity contribution < 1.29 is 32.2 Å². The third-order valence-corrected chi connectivity index (χ3v) is 4.23. The SMILES string of the molecule is CS(=O)(=O)NC[C@H]1O[C@@H](OCc2ccccc2)[C@@H]2OC(=O)O[C@@H]21. The van der Waals surface area contributed by atoms with Crippen molar-refractivity contribution in [3.05, 3.63) is 35.9 Å². The molecule has 126 valence electrons. The second-order valence-corrected chi connectivity index (χ2v) is 7.21. The van der Waals surface area contributed by atoms with Gasteiger partial charge in [0.05, 0.1) is 12.9 Å². The van der Waals surface area contributed by atoms with Crippen LogP contribution in [0.5, 0.6) is 0 Å². The second-order valence-electron chi connectivity index (χ2n) is 5.38. The minimum absolute atomic E-state index is 0.0260. The molecule has 23 heavy (non-hydrogen) atoms. The smallest absolute Gasteiger partial charge is 0.424 e. The number of benzene rings is 1. The molecule has 0 bridgehead atoms. The minimum Gasteiger partial charge on any atom is -0.424 e. The first-order valence-corrected chi connectivity index (χ1v) is 8.94. The Morgan fingerprint density at radius 2 is 1.87 bits per heavy atom. The zero-order chi connectivity index (χ0) is 16.4. The second kappa shape index (κ2) is 6.44. The van der Waals surface area contributed by atoms with Crippen LogP contribution in [0.4, 0.5) is 4.79 Å². The van der Waals surface area contributed by atoms with Crippen LogP contribution in [0, 0.1) is 0 Å². The maximum absolute atomic E-state index is 11.3. The maximum atomic E-state index is 11.3. The van der Waals surface area contributed by atoms with Gasteiger partial charge < -0.3 is 18.9 Å². The van der Waals surface area contributed by atoms with E-state index in [9.17, 15) is 13.2 Å². The highest BCUT2D eigenvalue weighted by Crippen LogP contribution is 2.32. The van der Waals surface area contributed by atoms with Gasteiger partial charge in [0.15, 0.2) is 18.5 Å². The highest BCUT2D eigenvalue weighted by molar-refractivity contribution is 7.88. The minimum atomic E-state index is -3.38. The number of carbonyl (C=O) groups is 1. The van der Waals surface area contributed by atoms with Crippen molar-refractivity contribution in [3.8, 4) is 0 Å². The van der Waals surface area contributed by atoms with Crippen molar-refractivity contribution in [3.63, 3.8) is 0 Å². The predicted molar refractivity (Wildman–Crippen MR) is 77.9 cm³/mol. The van der Waals surface area contributed by atoms with Gasteiger partial charge in [-0.3, -0.25) is 0 Å². The van der Waals surface area contributed by atoms with Gasteiger partial charge >= 0.3 is 6.16 Å². The molecule has 0 radical (unpaired) electrons. The van der Waals surface area contributed by atoms with Crippen molar-refractivity contribution in [2.75, 3.05) is 12.8 Å². The molecule has 2 fully saturated rings. The normalized spacial score (nSPS) is 29.9. The Hall–Kier alpha value is -1.68. The van der Waals surface area contributed by atoms with Gasteiger partial charge in [0.2, 0.25) is 10.0 Å². The van der Waals surface area contributed by atoms with Crippen LogP contribution in [0.15, 0.2) is 30.3 Å². The van der Waals surface area contributed by atoms with E-state index in [4.69, 9.17) is 18.9 Å². The summed E-state index contributed by atoms with van der Waals surface area (Å²) < 4.78 is 46.1. The van der Waals surface area contributed by atoms with Crippen molar-refractivity contribution in [2.24, 2.45) is 0 Å². The summed E-state index contributed by atoms with van der Waals surface area (Å²) in [5.41, 5.74) is 0.940. The van der Waals surface area contributed by atoms with Crippen LogP contribution in [-0.4, -0.2) is 52.0 Å². The summed E-state index contributed by atoms with van der Waals surface area (Å²) in [6, 6.07) is 9.45. The molecule has 0 unspecified atom stereocenters. The summed E-state index contributed by atoms with van der Waals surface area (Å²) in [5, 5.41) is 0. The Morgan fingerprint density at radius 1 is 1.17 bits per heavy atom. The van der Waals surface area contributed by atoms with E-state index in [0.29, 0.717) is 0 Å². The quantitative estimate of drug-likeness (QED) is 0.745. The molecule has 0 amide bonds. The zero-order valence-electron chi connectivity index (χ0n) is 12.4. The fourth-order valence-electron chi connectivity index (χ4n) is 2.49. The van der Waals surface area contributed by atoms with E-state index in [1.807, 2.05) is 30.3 Å². The molecular weight excluding hydrogens is 326 g/mol. The Balaban J connectivity index is 1.63. The van der Waals surface area contributed by atoms with Gasteiger partial charge in [-0.2, -0.15) is 0 Å². The molecule has 4 atom stereocenters. The van der Waals surface area contributed by atoms with E-state index in [1.165, 1.54) is 0 Å². The molecule has 0 aromatic heterocycles. The lowest BCUT2D eigenvalue weighted by atomic mass is 10.1. The van der Waals surface area contributed by atoms with Crippen LogP contribution in [0.3, 0.4) is 0 Å². The van der Waals surface area contributed by atoms with Gasteiger partial charge in [-0.25, -0.2) is 17.9 Å². The molecule has 8 nitrogen and oxygen atoms in total. The first-order valence-electron chi connectivity index (χ1n) is 7.05. The van der Waals surface area contributed by atoms with Crippen LogP contribution >= 0.6 is 0 Å². The summed E-state index contributed by atoms with van der Waals surface area (Å²) in [7, 11) is -3.38. The van der Waals surface area contributed by atoms with Crippen molar-refractivity contribution in [2.45, 2.75) is 31.2 Å². The van der Waals surface area contributed by atoms with Crippen molar-refractivity contribution in [1.82, 2.24) is 4.72 Å². The first-order chi connectivity index (χ1) is 10.9. The van der Waals surface area contributed by atoms with Gasteiger partial charge in [0.25, 0.3) is 0 Å². The van der Waals surface area contributed by atoms with Gasteiger partial charge in [-0.1, -0.05) is 30.3 Å². The number of hydrogen-bond donors (Lipinski definition) is 1. The largest absolute Gasteiger partial charge is 0.509 e. The Bertz CT molecular complexity index is 663. The lowest BCUT2D eigenvalue weighted by molar-refractivity contribution is -0.172. The lowest BCUT2D eigenvalue weighted by Gasteiger charge is -2.17. The molecule has 2 saturated heterocycles. The molecule has 3 rings (SSSR count). The van der Waals surface area contributed by atoms with E-state index in [1.54, 1.807) is 0 Å². The predicted octanol–water partition coefficient (Wildman–Crippen LogP) is 0.381. The average Bonchev–Trinajstić information content (AvgIpc) is 3.01. The molecule has 2 aliphatic rings. The summed E-state index contributed by atoms with van der Waals surface area (Å²) in [6.45, 7) is 0.250. The molecule has 2 aliphatic heterocycles. The van der Waals surface area contributed by atoms with E-state index < -0.39 is 40.8 Å². The summed E-state index contributed by atoms with van der Waals surface area (Å²) in [4.78, 5) is 11.3. The molecule has 0 spiro atoms. The van der Waals surface area contributed by atoms with E-state index in [0.717, 1.165) is 11.8 Å². The Labute approximate surface area is 133 Å². The molecular formula is C14H17NO7S. The Morgan fingerprint density at radius 3 is 2.57 bits per heavy atom. The third kappa shape index (κ3) is 3.99. The van der Waals surface area contributed by atoms with Crippen LogP contribution in [0.25, 0.3) is 0 Å². The molecule has 1 aromatic rings. The van der Waals surface area contributed by atoms with Gasteiger partial charge in [-0.15, -0.1) is 0 Å². The highest BCUT2D eigenvalue weighted by atomic mass is 32.2.